The average molecular weight is 482 g/mol. The van der Waals surface area contributed by atoms with Gasteiger partial charge in [0.2, 0.25) is 0 Å². The third-order valence-corrected chi connectivity index (χ3v) is 6.06. The van der Waals surface area contributed by atoms with Crippen LogP contribution >= 0.6 is 0 Å². The maximum atomic E-state index is 13.8. The summed E-state index contributed by atoms with van der Waals surface area (Å²) in [5.74, 6) is -0.164. The molecule has 1 fully saturated rings. The Balaban J connectivity index is 1.88. The van der Waals surface area contributed by atoms with Crippen molar-refractivity contribution in [3.63, 3.8) is 0 Å². The molecule has 1 aliphatic rings. The molecule has 4 rings (SSSR count). The van der Waals surface area contributed by atoms with Gasteiger partial charge in [0.25, 0.3) is 0 Å². The minimum Gasteiger partial charge on any atom is -0.493 e. The highest BCUT2D eigenvalue weighted by molar-refractivity contribution is 6.01. The largest absolute Gasteiger partial charge is 0.493 e. The van der Waals surface area contributed by atoms with E-state index in [2.05, 4.69) is 0 Å². The van der Waals surface area contributed by atoms with Gasteiger partial charge in [-0.3, -0.25) is 9.78 Å². The van der Waals surface area contributed by atoms with Crippen LogP contribution in [0.2, 0.25) is 0 Å². The van der Waals surface area contributed by atoms with Gasteiger partial charge < -0.3 is 24.8 Å². The molecule has 1 saturated carbocycles. The number of aromatic nitrogens is 1. The van der Waals surface area contributed by atoms with Crippen LogP contribution in [0.15, 0.2) is 42.5 Å². The minimum atomic E-state index is -1.17. The van der Waals surface area contributed by atoms with E-state index < -0.39 is 24.6 Å². The van der Waals surface area contributed by atoms with E-state index in [1.165, 1.54) is 18.2 Å². The Labute approximate surface area is 202 Å². The average Bonchev–Trinajstić information content (AvgIpc) is 3.66. The first-order valence-electron chi connectivity index (χ1n) is 11.4. The van der Waals surface area contributed by atoms with Crippen LogP contribution in [-0.2, 0) is 4.79 Å². The Bertz CT molecular complexity index is 1250. The summed E-state index contributed by atoms with van der Waals surface area (Å²) in [5.41, 5.74) is 3.93. The second-order valence-corrected chi connectivity index (χ2v) is 8.71. The lowest BCUT2D eigenvalue weighted by atomic mass is 9.91. The van der Waals surface area contributed by atoms with Gasteiger partial charge >= 0.3 is 5.97 Å². The van der Waals surface area contributed by atoms with Gasteiger partial charge in [0.05, 0.1) is 44.1 Å². The monoisotopic (exact) mass is 481 g/mol. The van der Waals surface area contributed by atoms with E-state index in [1.54, 1.807) is 32.4 Å². The number of carbonyl (C=O) groups is 1. The zero-order valence-corrected chi connectivity index (χ0v) is 19.6. The van der Waals surface area contributed by atoms with Crippen LogP contribution in [0.25, 0.3) is 28.1 Å². The predicted molar refractivity (Wildman–Crippen MR) is 130 cm³/mol. The van der Waals surface area contributed by atoms with E-state index in [1.807, 2.05) is 12.1 Å². The van der Waals surface area contributed by atoms with Crippen LogP contribution < -0.4 is 9.47 Å². The van der Waals surface area contributed by atoms with Crippen molar-refractivity contribution >= 4 is 22.9 Å². The van der Waals surface area contributed by atoms with Crippen molar-refractivity contribution in [1.82, 2.24) is 4.98 Å². The lowest BCUT2D eigenvalue weighted by Gasteiger charge is -2.18. The molecule has 8 heteroatoms. The molecule has 7 nitrogen and oxygen atoms in total. The van der Waals surface area contributed by atoms with E-state index in [9.17, 15) is 19.4 Å². The molecule has 0 saturated heterocycles. The second kappa shape index (κ2) is 10.4. The number of carboxylic acids is 1. The molecule has 3 aromatic rings. The number of nitrogens with zero attached hydrogens (tertiary/aromatic N) is 1. The maximum Gasteiger partial charge on any atom is 0.305 e. The molecule has 0 aliphatic heterocycles. The number of benzene rings is 2. The van der Waals surface area contributed by atoms with Crippen molar-refractivity contribution in [3.8, 4) is 22.6 Å². The molecular formula is C27H28FNO6. The van der Waals surface area contributed by atoms with Gasteiger partial charge in [-0.1, -0.05) is 24.3 Å². The zero-order chi connectivity index (χ0) is 25.1. The number of hydrogen-bond acceptors (Lipinski definition) is 6. The first-order valence-corrected chi connectivity index (χ1v) is 11.4. The maximum absolute atomic E-state index is 13.8. The van der Waals surface area contributed by atoms with E-state index in [4.69, 9.17) is 19.6 Å². The van der Waals surface area contributed by atoms with Crippen LogP contribution in [0, 0.1) is 5.82 Å². The molecule has 3 N–H and O–H groups in total. The van der Waals surface area contributed by atoms with Gasteiger partial charge in [0, 0.05) is 34.9 Å². The first kappa shape index (κ1) is 24.6. The van der Waals surface area contributed by atoms with E-state index in [0.29, 0.717) is 17.0 Å². The van der Waals surface area contributed by atoms with Crippen molar-refractivity contribution in [3.05, 3.63) is 59.5 Å². The summed E-state index contributed by atoms with van der Waals surface area (Å²) in [5, 5.41) is 30.0. The molecule has 2 unspecified atom stereocenters. The van der Waals surface area contributed by atoms with Crippen molar-refractivity contribution in [2.24, 2.45) is 0 Å². The smallest absolute Gasteiger partial charge is 0.305 e. The van der Waals surface area contributed by atoms with Crippen LogP contribution in [0.1, 0.15) is 42.9 Å². The van der Waals surface area contributed by atoms with Gasteiger partial charge in [-0.25, -0.2) is 4.39 Å². The minimum absolute atomic E-state index is 0.112. The number of halogens is 1. The standard InChI is InChI=1S/C27H28FNO6/c1-34-23-13-21-22(14-24(23)35-2)29-27(16-3-4-16)20(26(21)15-5-7-17(28)8-6-15)10-9-18(30)11-19(31)12-25(32)33/h5-10,13-14,16,18-19,30-31H,3-4,11-12H2,1-2H3,(H,32,33). The van der Waals surface area contributed by atoms with Gasteiger partial charge in [-0.05, 0) is 36.6 Å². The molecule has 0 amide bonds. The van der Waals surface area contributed by atoms with Gasteiger partial charge in [0.15, 0.2) is 11.5 Å². The highest BCUT2D eigenvalue weighted by Crippen LogP contribution is 2.47. The van der Waals surface area contributed by atoms with Crippen LogP contribution in [0.3, 0.4) is 0 Å². The number of rotatable bonds is 10. The Morgan fingerprint density at radius 1 is 1.14 bits per heavy atom. The van der Waals surface area contributed by atoms with Crippen molar-refractivity contribution in [2.45, 2.75) is 43.8 Å². The quantitative estimate of drug-likeness (QED) is 0.390. The first-order chi connectivity index (χ1) is 16.8. The van der Waals surface area contributed by atoms with Crippen LogP contribution in [0.4, 0.5) is 4.39 Å². The lowest BCUT2D eigenvalue weighted by Crippen LogP contribution is -2.19. The van der Waals surface area contributed by atoms with E-state index >= 15 is 0 Å². The van der Waals surface area contributed by atoms with E-state index in [-0.39, 0.29) is 18.2 Å². The van der Waals surface area contributed by atoms with Gasteiger partial charge in [-0.15, -0.1) is 0 Å². The normalized spacial score (nSPS) is 15.3. The summed E-state index contributed by atoms with van der Waals surface area (Å²) in [6, 6.07) is 9.83. The molecule has 35 heavy (non-hydrogen) atoms. The lowest BCUT2D eigenvalue weighted by molar-refractivity contribution is -0.139. The Hall–Kier alpha value is -3.49. The highest BCUT2D eigenvalue weighted by Gasteiger charge is 2.30. The van der Waals surface area contributed by atoms with Crippen molar-refractivity contribution < 1.29 is 34.0 Å². The molecule has 2 aromatic carbocycles. The number of carboxylic acid groups (broad SMARTS) is 1. The Morgan fingerprint density at radius 2 is 1.80 bits per heavy atom. The molecule has 0 radical (unpaired) electrons. The predicted octanol–water partition coefficient (Wildman–Crippen LogP) is 4.54. The molecular weight excluding hydrogens is 453 g/mol. The number of aliphatic hydroxyl groups is 2. The summed E-state index contributed by atoms with van der Waals surface area (Å²) in [6.07, 6.45) is 2.47. The SMILES string of the molecule is COc1cc2nc(C3CC3)c(C=CC(O)CC(O)CC(=O)O)c(-c3ccc(F)cc3)c2cc1OC. The number of fused-ring (bicyclic) bond motifs is 1. The number of pyridine rings is 1. The Kier molecular flexibility index (Phi) is 7.33. The fourth-order valence-electron chi connectivity index (χ4n) is 4.24. The zero-order valence-electron chi connectivity index (χ0n) is 19.6. The van der Waals surface area contributed by atoms with Crippen molar-refractivity contribution in [2.75, 3.05) is 14.2 Å². The highest BCUT2D eigenvalue weighted by atomic mass is 19.1. The van der Waals surface area contributed by atoms with Gasteiger partial charge in [-0.2, -0.15) is 0 Å². The fraction of sp³-hybridized carbons (Fsp3) is 0.333. The third kappa shape index (κ3) is 5.61. The summed E-state index contributed by atoms with van der Waals surface area (Å²) in [4.78, 5) is 15.8. The molecule has 1 aromatic heterocycles. The number of methoxy groups -OCH3 is 2. The van der Waals surface area contributed by atoms with E-state index in [0.717, 1.165) is 40.6 Å². The third-order valence-electron chi connectivity index (χ3n) is 6.06. The summed E-state index contributed by atoms with van der Waals surface area (Å²) >= 11 is 0. The molecule has 184 valence electrons. The molecule has 0 bridgehead atoms. The molecule has 1 aliphatic carbocycles. The molecule has 2 atom stereocenters. The fourth-order valence-corrected chi connectivity index (χ4v) is 4.24. The Morgan fingerprint density at radius 3 is 2.40 bits per heavy atom. The van der Waals surface area contributed by atoms with Crippen LogP contribution in [0.5, 0.6) is 11.5 Å². The summed E-state index contributed by atoms with van der Waals surface area (Å²) in [7, 11) is 3.11. The number of ether oxygens (including phenoxy) is 2. The number of aliphatic carboxylic acids is 1. The summed E-state index contributed by atoms with van der Waals surface area (Å²) in [6.45, 7) is 0. The van der Waals surface area contributed by atoms with Gasteiger partial charge in [0.1, 0.15) is 5.82 Å². The second-order valence-electron chi connectivity index (χ2n) is 8.71. The summed E-state index contributed by atoms with van der Waals surface area (Å²) < 4.78 is 24.7. The number of hydrogen-bond donors (Lipinski definition) is 3. The molecule has 0 spiro atoms. The van der Waals surface area contributed by atoms with Crippen molar-refractivity contribution in [1.29, 1.82) is 0 Å². The molecule has 1 heterocycles. The topological polar surface area (TPSA) is 109 Å². The van der Waals surface area contributed by atoms with Crippen LogP contribution in [-0.4, -0.2) is 52.7 Å². The number of aliphatic hydroxyl groups excluding tert-OH is 2.